The lowest BCUT2D eigenvalue weighted by atomic mass is 10.3. The third-order valence-corrected chi connectivity index (χ3v) is 5.68. The van der Waals surface area contributed by atoms with Crippen LogP contribution in [0.5, 0.6) is 0 Å². The van der Waals surface area contributed by atoms with Crippen LogP contribution in [0.25, 0.3) is 0 Å². The van der Waals surface area contributed by atoms with Gasteiger partial charge in [-0.3, -0.25) is 4.79 Å². The van der Waals surface area contributed by atoms with Crippen LogP contribution in [-0.4, -0.2) is 62.3 Å². The van der Waals surface area contributed by atoms with E-state index in [4.69, 9.17) is 13.6 Å². The van der Waals surface area contributed by atoms with Gasteiger partial charge in [0.05, 0.1) is 12.9 Å². The van der Waals surface area contributed by atoms with Crippen molar-refractivity contribution >= 4 is 21.9 Å². The number of sulfonamides is 1. The summed E-state index contributed by atoms with van der Waals surface area (Å²) in [6.45, 7) is 2.48. The number of piperazine rings is 1. The number of amides is 1. The topological polar surface area (TPSA) is 110 Å². The number of carbonyl (C=O) groups is 2. The molecule has 1 aliphatic rings. The molecule has 0 radical (unpaired) electrons. The summed E-state index contributed by atoms with van der Waals surface area (Å²) in [6.07, 6.45) is 1.41. The van der Waals surface area contributed by atoms with Gasteiger partial charge in [-0.2, -0.15) is 4.31 Å². The maximum absolute atomic E-state index is 12.6. The van der Waals surface area contributed by atoms with E-state index in [2.05, 4.69) is 0 Å². The van der Waals surface area contributed by atoms with Gasteiger partial charge in [-0.1, -0.05) is 0 Å². The third kappa shape index (κ3) is 3.51. The van der Waals surface area contributed by atoms with E-state index in [0.29, 0.717) is 0 Å². The van der Waals surface area contributed by atoms with E-state index in [-0.39, 0.29) is 55.3 Å². The van der Waals surface area contributed by atoms with Crippen LogP contribution < -0.4 is 0 Å². The molecule has 1 saturated heterocycles. The molecule has 26 heavy (non-hydrogen) atoms. The molecule has 1 aliphatic heterocycles. The Kier molecular flexibility index (Phi) is 5.14. The second kappa shape index (κ2) is 7.34. The summed E-state index contributed by atoms with van der Waals surface area (Å²) in [6, 6.07) is 5.67. The number of nitrogens with zero attached hydrogens (tertiary/aromatic N) is 2. The Morgan fingerprint density at radius 3 is 2.46 bits per heavy atom. The first-order chi connectivity index (χ1) is 12.4. The van der Waals surface area contributed by atoms with E-state index in [9.17, 15) is 18.0 Å². The van der Waals surface area contributed by atoms with Crippen molar-refractivity contribution in [2.45, 2.75) is 12.0 Å². The number of hydrogen-bond acceptors (Lipinski definition) is 7. The molecule has 0 saturated carbocycles. The van der Waals surface area contributed by atoms with Gasteiger partial charge in [0.25, 0.3) is 15.9 Å². The summed E-state index contributed by atoms with van der Waals surface area (Å²) in [7, 11) is -3.90. The maximum atomic E-state index is 12.6. The van der Waals surface area contributed by atoms with Crippen molar-refractivity contribution in [3.63, 3.8) is 0 Å². The summed E-state index contributed by atoms with van der Waals surface area (Å²) < 4.78 is 41.5. The molecule has 140 valence electrons. The van der Waals surface area contributed by atoms with Crippen molar-refractivity contribution in [3.05, 3.63) is 42.0 Å². The van der Waals surface area contributed by atoms with Crippen molar-refractivity contribution in [3.8, 4) is 0 Å². The van der Waals surface area contributed by atoms with Crippen molar-refractivity contribution in [2.24, 2.45) is 0 Å². The minimum atomic E-state index is -3.90. The lowest BCUT2D eigenvalue weighted by Gasteiger charge is -2.32. The van der Waals surface area contributed by atoms with Gasteiger partial charge in [0.1, 0.15) is 0 Å². The molecule has 0 bridgehead atoms. The first kappa shape index (κ1) is 18.2. The van der Waals surface area contributed by atoms with Crippen LogP contribution in [0, 0.1) is 0 Å². The van der Waals surface area contributed by atoms with Crippen LogP contribution in [0.2, 0.25) is 0 Å². The Morgan fingerprint density at radius 1 is 1.12 bits per heavy atom. The molecule has 0 atom stereocenters. The number of esters is 1. The fraction of sp³-hybridized carbons (Fsp3) is 0.375. The zero-order chi connectivity index (χ0) is 18.7. The van der Waals surface area contributed by atoms with Gasteiger partial charge in [0.2, 0.25) is 10.9 Å². The van der Waals surface area contributed by atoms with Crippen LogP contribution >= 0.6 is 0 Å². The number of hydrogen-bond donors (Lipinski definition) is 0. The Hall–Kier alpha value is -2.59. The summed E-state index contributed by atoms with van der Waals surface area (Å²) in [5, 5.41) is -0.327. The van der Waals surface area contributed by atoms with Crippen molar-refractivity contribution < 1.29 is 31.6 Å². The average molecular weight is 382 g/mol. The molecule has 0 spiro atoms. The Morgan fingerprint density at radius 2 is 1.85 bits per heavy atom. The van der Waals surface area contributed by atoms with Crippen LogP contribution in [0.1, 0.15) is 28.0 Å². The zero-order valence-electron chi connectivity index (χ0n) is 14.1. The molecule has 9 nitrogen and oxygen atoms in total. The highest BCUT2D eigenvalue weighted by Crippen LogP contribution is 2.21. The van der Waals surface area contributed by atoms with Gasteiger partial charge in [-0.05, 0) is 31.2 Å². The molecule has 1 fully saturated rings. The summed E-state index contributed by atoms with van der Waals surface area (Å²) in [5.41, 5.74) is 0. The number of rotatable bonds is 5. The van der Waals surface area contributed by atoms with Crippen LogP contribution in [0.4, 0.5) is 0 Å². The smallest absolute Gasteiger partial charge is 0.374 e. The van der Waals surface area contributed by atoms with E-state index in [1.807, 2.05) is 0 Å². The molecule has 3 heterocycles. The molecule has 3 rings (SSSR count). The first-order valence-corrected chi connectivity index (χ1v) is 9.47. The highest BCUT2D eigenvalue weighted by atomic mass is 32.2. The SMILES string of the molecule is CCOC(=O)c1ccc(S(=O)(=O)N2CCN(C(=O)c3ccco3)CC2)o1. The molecule has 0 N–H and O–H groups in total. The fourth-order valence-corrected chi connectivity index (χ4v) is 3.92. The average Bonchev–Trinajstić information content (AvgIpc) is 3.33. The van der Waals surface area contributed by atoms with Gasteiger partial charge in [-0.15, -0.1) is 0 Å². The van der Waals surface area contributed by atoms with Crippen molar-refractivity contribution in [2.75, 3.05) is 32.8 Å². The van der Waals surface area contributed by atoms with E-state index in [1.54, 1.807) is 19.1 Å². The number of furan rings is 2. The lowest BCUT2D eigenvalue weighted by Crippen LogP contribution is -2.50. The Balaban J connectivity index is 1.66. The minimum Gasteiger partial charge on any atom is -0.460 e. The van der Waals surface area contributed by atoms with Gasteiger partial charge in [0, 0.05) is 26.2 Å². The van der Waals surface area contributed by atoms with E-state index < -0.39 is 16.0 Å². The molecule has 2 aromatic rings. The zero-order valence-corrected chi connectivity index (χ0v) is 14.9. The highest BCUT2D eigenvalue weighted by Gasteiger charge is 2.33. The quantitative estimate of drug-likeness (QED) is 0.715. The van der Waals surface area contributed by atoms with Crippen LogP contribution in [0.3, 0.4) is 0 Å². The largest absolute Gasteiger partial charge is 0.460 e. The van der Waals surface area contributed by atoms with Crippen molar-refractivity contribution in [1.29, 1.82) is 0 Å². The Labute approximate surface area is 150 Å². The Bertz CT molecular complexity index is 878. The predicted octanol–water partition coefficient (Wildman–Crippen LogP) is 1.20. The summed E-state index contributed by atoms with van der Waals surface area (Å²) >= 11 is 0. The number of carbonyl (C=O) groups excluding carboxylic acids is 2. The second-order valence-electron chi connectivity index (χ2n) is 5.51. The molecule has 0 aliphatic carbocycles. The monoisotopic (exact) mass is 382 g/mol. The molecular formula is C16H18N2O7S. The predicted molar refractivity (Wildman–Crippen MR) is 88.0 cm³/mol. The molecule has 0 aromatic carbocycles. The number of ether oxygens (including phenoxy) is 1. The van der Waals surface area contributed by atoms with Crippen LogP contribution in [0.15, 0.2) is 44.5 Å². The van der Waals surface area contributed by atoms with Gasteiger partial charge in [-0.25, -0.2) is 13.2 Å². The van der Waals surface area contributed by atoms with E-state index >= 15 is 0 Å². The van der Waals surface area contributed by atoms with Gasteiger partial charge < -0.3 is 18.5 Å². The van der Waals surface area contributed by atoms with Crippen LogP contribution in [-0.2, 0) is 14.8 Å². The second-order valence-corrected chi connectivity index (χ2v) is 7.38. The maximum Gasteiger partial charge on any atom is 0.374 e. The first-order valence-electron chi connectivity index (χ1n) is 8.03. The summed E-state index contributed by atoms with van der Waals surface area (Å²) in [5.74, 6) is -0.957. The van der Waals surface area contributed by atoms with Gasteiger partial charge in [0.15, 0.2) is 5.76 Å². The summed E-state index contributed by atoms with van der Waals surface area (Å²) in [4.78, 5) is 25.4. The molecule has 10 heteroatoms. The molecular weight excluding hydrogens is 364 g/mol. The van der Waals surface area contributed by atoms with Gasteiger partial charge >= 0.3 is 5.97 Å². The highest BCUT2D eigenvalue weighted by molar-refractivity contribution is 7.89. The van der Waals surface area contributed by atoms with E-state index in [0.717, 1.165) is 0 Å². The molecule has 2 aromatic heterocycles. The minimum absolute atomic E-state index is 0.115. The third-order valence-electron chi connectivity index (χ3n) is 3.91. The molecule has 0 unspecified atom stereocenters. The van der Waals surface area contributed by atoms with Crippen molar-refractivity contribution in [1.82, 2.24) is 9.21 Å². The fourth-order valence-electron chi connectivity index (χ4n) is 2.59. The standard InChI is InChI=1S/C16H18N2O7S/c1-2-23-16(20)13-5-6-14(25-13)26(21,22)18-9-7-17(8-10-18)15(19)12-4-3-11-24-12/h3-6,11H,2,7-10H2,1H3. The lowest BCUT2D eigenvalue weighted by molar-refractivity contribution is 0.0482. The molecule has 1 amide bonds. The normalized spacial score (nSPS) is 15.8. The van der Waals surface area contributed by atoms with E-state index in [1.165, 1.54) is 27.6 Å².